The summed E-state index contributed by atoms with van der Waals surface area (Å²) in [5, 5.41) is 18.8. The zero-order chi connectivity index (χ0) is 14.3. The zero-order valence-electron chi connectivity index (χ0n) is 8.89. The van der Waals surface area contributed by atoms with Gasteiger partial charge in [-0.3, -0.25) is 10.1 Å². The maximum absolute atomic E-state index is 10.3. The van der Waals surface area contributed by atoms with Crippen LogP contribution in [-0.4, -0.2) is 19.3 Å². The minimum absolute atomic E-state index is 0.0386. The van der Waals surface area contributed by atoms with Crippen molar-refractivity contribution in [1.82, 2.24) is 0 Å². The molecule has 0 bridgehead atoms. The molecule has 0 fully saturated rings. The van der Waals surface area contributed by atoms with Crippen molar-refractivity contribution in [1.29, 1.82) is 5.39 Å². The Hall–Kier alpha value is -2.38. The van der Waals surface area contributed by atoms with Gasteiger partial charge in [0.1, 0.15) is 6.07 Å². The predicted molar refractivity (Wildman–Crippen MR) is 54.6 cm³/mol. The topological polar surface area (TPSA) is 80.5 Å². The van der Waals surface area contributed by atoms with Gasteiger partial charge in [-0.25, -0.2) is 0 Å². The Balaban J connectivity index is 0.000000494. The Bertz CT molecular complexity index is 468. The van der Waals surface area contributed by atoms with E-state index in [1.165, 1.54) is 19.2 Å². The van der Waals surface area contributed by atoms with Gasteiger partial charge in [-0.2, -0.15) is 0 Å². The van der Waals surface area contributed by atoms with E-state index in [-0.39, 0.29) is 17.1 Å². The summed E-state index contributed by atoms with van der Waals surface area (Å²) in [4.78, 5) is 12.6. The summed E-state index contributed by atoms with van der Waals surface area (Å²) in [5.41, 5.74) is -0.106. The van der Waals surface area contributed by atoms with Gasteiger partial charge in [0.15, 0.2) is 4.98 Å². The number of benzene rings is 1. The van der Waals surface area contributed by atoms with Crippen LogP contribution < -0.4 is 4.74 Å². The van der Waals surface area contributed by atoms with Gasteiger partial charge in [0.05, 0.1) is 12.0 Å². The fourth-order valence-corrected chi connectivity index (χ4v) is 0.870. The number of methoxy groups -OCH3 is 1. The maximum Gasteiger partial charge on any atom is 0.673 e. The normalized spacial score (nSPS) is 9.78. The molecule has 0 unspecified atom stereocenters. The van der Waals surface area contributed by atoms with Crippen LogP contribution in [0.4, 0.5) is 28.6 Å². The molecule has 6 nitrogen and oxygen atoms in total. The molecule has 0 N–H and O–H groups in total. The van der Waals surface area contributed by atoms with E-state index < -0.39 is 12.2 Å². The van der Waals surface area contributed by atoms with Gasteiger partial charge in [0, 0.05) is 6.07 Å². The summed E-state index contributed by atoms with van der Waals surface area (Å²) in [6.07, 6.45) is 0. The lowest BCUT2D eigenvalue weighted by atomic mass is 10.2. The number of halogens is 4. The average Bonchev–Trinajstić information content (AvgIpc) is 2.25. The van der Waals surface area contributed by atoms with Crippen molar-refractivity contribution in [3.8, 4) is 5.75 Å². The van der Waals surface area contributed by atoms with Crippen LogP contribution in [0, 0.1) is 15.5 Å². The smallest absolute Gasteiger partial charge is 0.489 e. The Morgan fingerprint density at radius 3 is 2.22 bits per heavy atom. The summed E-state index contributed by atoms with van der Waals surface area (Å²) >= 11 is 0. The standard InChI is InChI=1S/C7H6N3O3.BF4/c1-13-7-3-2-5(10(11)12)4-6(7)9-8;2-1(3,4)5/h2-4H,1H3;/q+1;-1. The molecule has 0 aliphatic carbocycles. The second-order valence-corrected chi connectivity index (χ2v) is 2.71. The van der Waals surface area contributed by atoms with E-state index in [0.717, 1.165) is 6.07 Å². The highest BCUT2D eigenvalue weighted by atomic mass is 19.5. The third-order valence-electron chi connectivity index (χ3n) is 1.48. The van der Waals surface area contributed by atoms with Crippen molar-refractivity contribution < 1.29 is 26.9 Å². The molecule has 0 aliphatic heterocycles. The van der Waals surface area contributed by atoms with Crippen LogP contribution in [0.15, 0.2) is 18.2 Å². The first-order chi connectivity index (χ1) is 8.19. The van der Waals surface area contributed by atoms with E-state index in [4.69, 9.17) is 10.1 Å². The number of rotatable bonds is 2. The number of nitrogens with zero attached hydrogens (tertiary/aromatic N) is 3. The van der Waals surface area contributed by atoms with E-state index in [2.05, 4.69) is 4.98 Å². The van der Waals surface area contributed by atoms with Crippen LogP contribution in [0.25, 0.3) is 4.98 Å². The number of diazo groups is 1. The summed E-state index contributed by atoms with van der Waals surface area (Å²) in [6.45, 7) is 0. The number of hydrogen-bond acceptors (Lipinski definition) is 4. The highest BCUT2D eigenvalue weighted by Gasteiger charge is 2.20. The summed E-state index contributed by atoms with van der Waals surface area (Å²) in [7, 11) is -4.62. The first-order valence-corrected chi connectivity index (χ1v) is 4.24. The van der Waals surface area contributed by atoms with E-state index in [1.54, 1.807) is 0 Å². The van der Waals surface area contributed by atoms with Crippen molar-refractivity contribution in [3.63, 3.8) is 0 Å². The molecule has 0 saturated heterocycles. The Kier molecular flexibility index (Phi) is 5.54. The lowest BCUT2D eigenvalue weighted by Crippen LogP contribution is -2.02. The Morgan fingerprint density at radius 1 is 1.39 bits per heavy atom. The number of nitro groups is 1. The fraction of sp³-hybridized carbons (Fsp3) is 0.143. The summed E-state index contributed by atoms with van der Waals surface area (Å²) in [5.74, 6) is 0.285. The van der Waals surface area contributed by atoms with Crippen LogP contribution in [0.5, 0.6) is 5.75 Å². The largest absolute Gasteiger partial charge is 0.673 e. The SMILES string of the molecule is COc1ccc([N+](=O)[O-])cc1[N+]#N.F[B-](F)(F)F. The lowest BCUT2D eigenvalue weighted by Gasteiger charge is -1.94. The summed E-state index contributed by atoms with van der Waals surface area (Å²) in [6, 6.07) is 3.76. The van der Waals surface area contributed by atoms with Crippen LogP contribution >= 0.6 is 0 Å². The van der Waals surface area contributed by atoms with E-state index in [0.29, 0.717) is 0 Å². The van der Waals surface area contributed by atoms with Gasteiger partial charge < -0.3 is 22.0 Å². The maximum atomic E-state index is 10.3. The molecule has 0 radical (unpaired) electrons. The molecule has 11 heteroatoms. The van der Waals surface area contributed by atoms with E-state index >= 15 is 0 Å². The van der Waals surface area contributed by atoms with Crippen LogP contribution in [-0.2, 0) is 0 Å². The van der Waals surface area contributed by atoms with Crippen molar-refractivity contribution in [2.45, 2.75) is 0 Å². The van der Waals surface area contributed by atoms with Crippen LogP contribution in [0.2, 0.25) is 0 Å². The Morgan fingerprint density at radius 2 is 1.89 bits per heavy atom. The molecular formula is C7H6BF4N3O3. The molecule has 0 spiro atoms. The zero-order valence-corrected chi connectivity index (χ0v) is 8.89. The molecule has 0 saturated carbocycles. The molecule has 0 heterocycles. The van der Waals surface area contributed by atoms with Crippen molar-refractivity contribution in [3.05, 3.63) is 33.3 Å². The van der Waals surface area contributed by atoms with E-state index in [9.17, 15) is 27.4 Å². The molecule has 1 aromatic carbocycles. The molecule has 0 atom stereocenters. The predicted octanol–water partition coefficient (Wildman–Crippen LogP) is 3.39. The molecule has 0 amide bonds. The molecule has 1 aromatic rings. The highest BCUT2D eigenvalue weighted by molar-refractivity contribution is 6.50. The average molecular weight is 267 g/mol. The van der Waals surface area contributed by atoms with Gasteiger partial charge >= 0.3 is 12.9 Å². The first kappa shape index (κ1) is 15.6. The van der Waals surface area contributed by atoms with Crippen LogP contribution in [0.1, 0.15) is 0 Å². The van der Waals surface area contributed by atoms with Crippen molar-refractivity contribution >= 4 is 18.6 Å². The highest BCUT2D eigenvalue weighted by Crippen LogP contribution is 2.30. The molecule has 0 aromatic heterocycles. The second kappa shape index (κ2) is 6.38. The third-order valence-corrected chi connectivity index (χ3v) is 1.48. The van der Waals surface area contributed by atoms with Gasteiger partial charge in [-0.15, -0.1) is 0 Å². The minimum Gasteiger partial charge on any atom is -0.489 e. The monoisotopic (exact) mass is 267 g/mol. The molecule has 0 aliphatic rings. The summed E-state index contributed by atoms with van der Waals surface area (Å²) < 4.78 is 43.8. The number of non-ortho nitro benzene ring substituents is 1. The first-order valence-electron chi connectivity index (χ1n) is 4.24. The fourth-order valence-electron chi connectivity index (χ4n) is 0.870. The number of ether oxygens (including phenoxy) is 1. The number of nitro benzene ring substituents is 1. The van der Waals surface area contributed by atoms with Gasteiger partial charge in [-0.05, 0) is 6.07 Å². The van der Waals surface area contributed by atoms with Crippen molar-refractivity contribution in [2.24, 2.45) is 0 Å². The minimum atomic E-state index is -6.00. The molecule has 18 heavy (non-hydrogen) atoms. The lowest BCUT2D eigenvalue weighted by molar-refractivity contribution is -0.384. The van der Waals surface area contributed by atoms with Crippen LogP contribution in [0.3, 0.4) is 0 Å². The van der Waals surface area contributed by atoms with Gasteiger partial charge in [-0.1, -0.05) is 0 Å². The molecule has 98 valence electrons. The van der Waals surface area contributed by atoms with Gasteiger partial charge in [0.2, 0.25) is 11.1 Å². The third kappa shape index (κ3) is 6.26. The van der Waals surface area contributed by atoms with Gasteiger partial charge in [0.25, 0.3) is 5.69 Å². The molecular weight excluding hydrogens is 261 g/mol. The molecule has 1 rings (SSSR count). The number of hydrogen-bond donors (Lipinski definition) is 0. The van der Waals surface area contributed by atoms with E-state index in [1.807, 2.05) is 0 Å². The van der Waals surface area contributed by atoms with Crippen molar-refractivity contribution in [2.75, 3.05) is 7.11 Å². The second-order valence-electron chi connectivity index (χ2n) is 2.71. The quantitative estimate of drug-likeness (QED) is 0.270. The Labute approximate surface area is 98.0 Å².